The van der Waals surface area contributed by atoms with Crippen molar-refractivity contribution in [2.45, 2.75) is 78.0 Å². The van der Waals surface area contributed by atoms with Crippen molar-refractivity contribution in [3.63, 3.8) is 0 Å². The molecule has 0 saturated carbocycles. The van der Waals surface area contributed by atoms with Gasteiger partial charge in [0.1, 0.15) is 12.2 Å². The second-order valence-corrected chi connectivity index (χ2v) is 9.35. The van der Waals surface area contributed by atoms with Gasteiger partial charge in [-0.25, -0.2) is 0 Å². The molecule has 0 amide bonds. The fraction of sp³-hybridized carbons (Fsp3) is 0.536. The molecule has 1 aliphatic rings. The maximum atomic E-state index is 12.8. The Morgan fingerprint density at radius 1 is 0.853 bits per heavy atom. The van der Waals surface area contributed by atoms with Crippen molar-refractivity contribution in [2.24, 2.45) is 11.8 Å². The molecule has 6 heteroatoms. The molecular formula is C28H38O6. The lowest BCUT2D eigenvalue weighted by Crippen LogP contribution is -2.60. The summed E-state index contributed by atoms with van der Waals surface area (Å²) in [6.07, 6.45) is -2.48. The number of carbonyl (C=O) groups is 1. The van der Waals surface area contributed by atoms with Crippen LogP contribution in [-0.4, -0.2) is 43.8 Å². The summed E-state index contributed by atoms with van der Waals surface area (Å²) >= 11 is 0. The Hall–Kier alpha value is -2.25. The van der Waals surface area contributed by atoms with Crippen molar-refractivity contribution < 1.29 is 28.5 Å². The number of methoxy groups -OCH3 is 1. The Kier molecular flexibility index (Phi) is 10.1. The fourth-order valence-electron chi connectivity index (χ4n) is 3.92. The van der Waals surface area contributed by atoms with E-state index >= 15 is 0 Å². The molecule has 0 spiro atoms. The summed E-state index contributed by atoms with van der Waals surface area (Å²) < 4.78 is 30.3. The molecule has 186 valence electrons. The predicted molar refractivity (Wildman–Crippen MR) is 130 cm³/mol. The van der Waals surface area contributed by atoms with Gasteiger partial charge in [0.2, 0.25) is 0 Å². The second-order valence-electron chi connectivity index (χ2n) is 9.35. The summed E-state index contributed by atoms with van der Waals surface area (Å²) in [6, 6.07) is 19.8. The average Bonchev–Trinajstić information content (AvgIpc) is 2.84. The van der Waals surface area contributed by atoms with Crippen LogP contribution in [0.1, 0.15) is 45.2 Å². The van der Waals surface area contributed by atoms with Crippen LogP contribution in [0.15, 0.2) is 60.7 Å². The molecule has 2 aromatic carbocycles. The van der Waals surface area contributed by atoms with E-state index in [1.165, 1.54) is 0 Å². The van der Waals surface area contributed by atoms with E-state index in [9.17, 15) is 4.79 Å². The Morgan fingerprint density at radius 3 is 1.88 bits per heavy atom. The van der Waals surface area contributed by atoms with Crippen molar-refractivity contribution in [3.05, 3.63) is 71.8 Å². The zero-order valence-corrected chi connectivity index (χ0v) is 20.9. The fourth-order valence-corrected chi connectivity index (χ4v) is 3.92. The number of carbonyl (C=O) groups excluding carboxylic acids is 1. The standard InChI is InChI=1S/C28H38O6/c1-19(2)20(3)16-24(29)34-25-21(4)33-28(30-5)27(32-18-23-14-10-7-11-15-23)26(25)31-17-22-12-8-6-9-13-22/h6-15,19-21,25-28H,16-18H2,1-5H3/t20-,21-,25-,26+,27-,28+/m1/s1. The minimum atomic E-state index is -0.649. The molecule has 1 fully saturated rings. The predicted octanol–water partition coefficient (Wildman–Crippen LogP) is 5.14. The van der Waals surface area contributed by atoms with Crippen molar-refractivity contribution in [2.75, 3.05) is 7.11 Å². The molecule has 6 nitrogen and oxygen atoms in total. The minimum Gasteiger partial charge on any atom is -0.457 e. The van der Waals surface area contributed by atoms with Crippen LogP contribution in [-0.2, 0) is 41.7 Å². The molecule has 1 heterocycles. The number of esters is 1. The van der Waals surface area contributed by atoms with Crippen molar-refractivity contribution in [1.29, 1.82) is 0 Å². The van der Waals surface area contributed by atoms with Crippen LogP contribution < -0.4 is 0 Å². The first-order valence-electron chi connectivity index (χ1n) is 12.1. The van der Waals surface area contributed by atoms with Gasteiger partial charge in [-0.3, -0.25) is 4.79 Å². The first-order chi connectivity index (χ1) is 16.4. The van der Waals surface area contributed by atoms with Gasteiger partial charge in [0.05, 0.1) is 19.3 Å². The Labute approximate surface area is 203 Å². The SMILES string of the molecule is CO[C@H]1O[C@H](C)[C@@H](OC(=O)C[C@@H](C)C(C)C)[C@H](OCc2ccccc2)[C@H]1OCc1ccccc1. The lowest BCUT2D eigenvalue weighted by atomic mass is 9.94. The van der Waals surface area contributed by atoms with Gasteiger partial charge in [-0.1, -0.05) is 81.4 Å². The molecule has 0 aliphatic carbocycles. The molecule has 1 saturated heterocycles. The minimum absolute atomic E-state index is 0.216. The van der Waals surface area contributed by atoms with E-state index in [2.05, 4.69) is 20.8 Å². The monoisotopic (exact) mass is 470 g/mol. The van der Waals surface area contributed by atoms with E-state index in [4.69, 9.17) is 23.7 Å². The lowest BCUT2D eigenvalue weighted by molar-refractivity contribution is -0.309. The highest BCUT2D eigenvalue weighted by atomic mass is 16.7. The molecule has 1 aliphatic heterocycles. The highest BCUT2D eigenvalue weighted by Crippen LogP contribution is 2.30. The van der Waals surface area contributed by atoms with Crippen LogP contribution in [0.25, 0.3) is 0 Å². The summed E-state index contributed by atoms with van der Waals surface area (Å²) in [7, 11) is 1.58. The van der Waals surface area contributed by atoms with Crippen LogP contribution >= 0.6 is 0 Å². The van der Waals surface area contributed by atoms with Gasteiger partial charge in [0.15, 0.2) is 12.4 Å². The van der Waals surface area contributed by atoms with Crippen LogP contribution in [0.4, 0.5) is 0 Å². The summed E-state index contributed by atoms with van der Waals surface area (Å²) in [4.78, 5) is 12.8. The van der Waals surface area contributed by atoms with E-state index in [1.807, 2.05) is 67.6 Å². The van der Waals surface area contributed by atoms with E-state index in [1.54, 1.807) is 7.11 Å². The average molecular weight is 471 g/mol. The first-order valence-corrected chi connectivity index (χ1v) is 12.1. The number of hydrogen-bond acceptors (Lipinski definition) is 6. The Balaban J connectivity index is 1.80. The van der Waals surface area contributed by atoms with Gasteiger partial charge in [-0.05, 0) is 29.9 Å². The number of rotatable bonds is 11. The van der Waals surface area contributed by atoms with Gasteiger partial charge in [-0.2, -0.15) is 0 Å². The molecule has 6 atom stereocenters. The van der Waals surface area contributed by atoms with Crippen LogP contribution in [0.5, 0.6) is 0 Å². The molecule has 3 rings (SSSR count). The topological polar surface area (TPSA) is 63.2 Å². The van der Waals surface area contributed by atoms with Crippen LogP contribution in [0.3, 0.4) is 0 Å². The number of ether oxygens (including phenoxy) is 5. The van der Waals surface area contributed by atoms with Crippen molar-refractivity contribution in [3.8, 4) is 0 Å². The normalized spacial score (nSPS) is 25.8. The number of benzene rings is 2. The van der Waals surface area contributed by atoms with E-state index in [-0.39, 0.29) is 11.9 Å². The van der Waals surface area contributed by atoms with Crippen LogP contribution in [0, 0.1) is 11.8 Å². The number of hydrogen-bond donors (Lipinski definition) is 0. The quantitative estimate of drug-likeness (QED) is 0.424. The molecule has 2 aromatic rings. The molecule has 0 unspecified atom stereocenters. The summed E-state index contributed by atoms with van der Waals surface area (Å²) in [6.45, 7) is 8.86. The van der Waals surface area contributed by atoms with Gasteiger partial charge < -0.3 is 23.7 Å². The Morgan fingerprint density at radius 2 is 1.38 bits per heavy atom. The highest BCUT2D eigenvalue weighted by Gasteiger charge is 2.48. The smallest absolute Gasteiger partial charge is 0.306 e. The third-order valence-electron chi connectivity index (χ3n) is 6.42. The maximum absolute atomic E-state index is 12.8. The zero-order valence-electron chi connectivity index (χ0n) is 20.9. The van der Waals surface area contributed by atoms with E-state index < -0.39 is 30.7 Å². The van der Waals surface area contributed by atoms with Gasteiger partial charge in [-0.15, -0.1) is 0 Å². The summed E-state index contributed by atoms with van der Waals surface area (Å²) in [5.41, 5.74) is 2.05. The van der Waals surface area contributed by atoms with Crippen molar-refractivity contribution >= 4 is 5.97 Å². The summed E-state index contributed by atoms with van der Waals surface area (Å²) in [5, 5.41) is 0. The summed E-state index contributed by atoms with van der Waals surface area (Å²) in [5.74, 6) is 0.345. The Bertz CT molecular complexity index is 856. The first kappa shape index (κ1) is 26.4. The molecule has 0 aromatic heterocycles. The third kappa shape index (κ3) is 7.37. The second kappa shape index (κ2) is 13.0. The zero-order chi connectivity index (χ0) is 24.5. The van der Waals surface area contributed by atoms with Gasteiger partial charge >= 0.3 is 5.97 Å². The lowest BCUT2D eigenvalue weighted by Gasteiger charge is -2.44. The molecule has 0 bridgehead atoms. The van der Waals surface area contributed by atoms with Gasteiger partial charge in [0, 0.05) is 13.5 Å². The molecule has 0 N–H and O–H groups in total. The van der Waals surface area contributed by atoms with Gasteiger partial charge in [0.25, 0.3) is 0 Å². The van der Waals surface area contributed by atoms with E-state index in [0.29, 0.717) is 25.6 Å². The highest BCUT2D eigenvalue weighted by molar-refractivity contribution is 5.70. The largest absolute Gasteiger partial charge is 0.457 e. The molecular weight excluding hydrogens is 432 g/mol. The van der Waals surface area contributed by atoms with Crippen molar-refractivity contribution in [1.82, 2.24) is 0 Å². The van der Waals surface area contributed by atoms with Crippen LogP contribution in [0.2, 0.25) is 0 Å². The maximum Gasteiger partial charge on any atom is 0.306 e. The molecule has 0 radical (unpaired) electrons. The molecule has 34 heavy (non-hydrogen) atoms. The van der Waals surface area contributed by atoms with E-state index in [0.717, 1.165) is 11.1 Å². The third-order valence-corrected chi connectivity index (χ3v) is 6.42.